The number of nitrogens with one attached hydrogen (secondary N) is 2. The molecular weight excluding hydrogens is 255 g/mol. The van der Waals surface area contributed by atoms with Gasteiger partial charge in [0.05, 0.1) is 5.56 Å². The summed E-state index contributed by atoms with van der Waals surface area (Å²) in [7, 11) is 1.76. The second-order valence-electron chi connectivity index (χ2n) is 4.71. The molecule has 4 heteroatoms. The van der Waals surface area contributed by atoms with E-state index < -0.39 is 0 Å². The summed E-state index contributed by atoms with van der Waals surface area (Å²) in [5.74, 6) is -0.629. The molecule has 0 aliphatic carbocycles. The molecule has 0 atom stereocenters. The number of carbonyl (C=O) groups excluding carboxylic acids is 1. The highest BCUT2D eigenvalue weighted by molar-refractivity contribution is 6.08. The maximum atomic E-state index is 13.2. The Balaban J connectivity index is 2.32. The van der Waals surface area contributed by atoms with Gasteiger partial charge in [0.2, 0.25) is 0 Å². The van der Waals surface area contributed by atoms with Crippen molar-refractivity contribution < 1.29 is 9.18 Å². The Morgan fingerprint density at radius 1 is 1.05 bits per heavy atom. The molecule has 104 valence electrons. The van der Waals surface area contributed by atoms with Crippen LogP contribution in [-0.2, 0) is 0 Å². The Bertz CT molecular complexity index is 653. The highest BCUT2D eigenvalue weighted by atomic mass is 19.1. The first-order valence-electron chi connectivity index (χ1n) is 6.37. The monoisotopic (exact) mass is 272 g/mol. The van der Waals surface area contributed by atoms with Gasteiger partial charge in [0, 0.05) is 18.4 Å². The average molecular weight is 272 g/mol. The molecule has 0 aromatic heterocycles. The Morgan fingerprint density at radius 3 is 2.50 bits per heavy atom. The largest absolute Gasteiger partial charge is 0.387 e. The zero-order valence-corrected chi connectivity index (χ0v) is 11.8. The number of anilines is 2. The molecule has 2 rings (SSSR count). The van der Waals surface area contributed by atoms with E-state index >= 15 is 0 Å². The molecule has 2 aromatic carbocycles. The van der Waals surface area contributed by atoms with Crippen LogP contribution in [0.15, 0.2) is 36.4 Å². The van der Waals surface area contributed by atoms with Gasteiger partial charge in [-0.15, -0.1) is 0 Å². The normalized spacial score (nSPS) is 10.2. The van der Waals surface area contributed by atoms with Crippen molar-refractivity contribution in [1.82, 2.24) is 0 Å². The molecule has 0 saturated heterocycles. The summed E-state index contributed by atoms with van der Waals surface area (Å²) in [5, 5.41) is 5.73. The van der Waals surface area contributed by atoms with Crippen LogP contribution >= 0.6 is 0 Å². The third-order valence-electron chi connectivity index (χ3n) is 3.14. The van der Waals surface area contributed by atoms with Crippen molar-refractivity contribution in [2.75, 3.05) is 17.7 Å². The maximum Gasteiger partial charge on any atom is 0.257 e. The quantitative estimate of drug-likeness (QED) is 0.893. The first-order valence-corrected chi connectivity index (χ1v) is 6.37. The van der Waals surface area contributed by atoms with Crippen molar-refractivity contribution in [3.63, 3.8) is 0 Å². The molecule has 0 spiro atoms. The van der Waals surface area contributed by atoms with E-state index in [1.54, 1.807) is 19.2 Å². The van der Waals surface area contributed by atoms with Crippen LogP contribution in [0.4, 0.5) is 15.8 Å². The zero-order chi connectivity index (χ0) is 14.7. The summed E-state index contributed by atoms with van der Waals surface area (Å²) in [6, 6.07) is 9.91. The van der Waals surface area contributed by atoms with Crippen molar-refractivity contribution in [2.24, 2.45) is 0 Å². The molecule has 0 radical (unpaired) electrons. The second kappa shape index (κ2) is 5.74. The molecule has 3 nitrogen and oxygen atoms in total. The van der Waals surface area contributed by atoms with Gasteiger partial charge < -0.3 is 10.6 Å². The molecule has 0 fully saturated rings. The van der Waals surface area contributed by atoms with Gasteiger partial charge in [-0.3, -0.25) is 4.79 Å². The number of carbonyl (C=O) groups is 1. The Labute approximate surface area is 117 Å². The van der Waals surface area contributed by atoms with E-state index in [9.17, 15) is 9.18 Å². The van der Waals surface area contributed by atoms with Crippen LogP contribution < -0.4 is 10.6 Å². The van der Waals surface area contributed by atoms with E-state index in [1.807, 2.05) is 26.0 Å². The predicted molar refractivity (Wildman–Crippen MR) is 79.8 cm³/mol. The van der Waals surface area contributed by atoms with Gasteiger partial charge in [-0.1, -0.05) is 17.7 Å². The topological polar surface area (TPSA) is 41.1 Å². The first-order chi connectivity index (χ1) is 9.51. The number of amides is 1. The van der Waals surface area contributed by atoms with Gasteiger partial charge in [0.1, 0.15) is 5.82 Å². The van der Waals surface area contributed by atoms with Crippen LogP contribution in [0.5, 0.6) is 0 Å². The number of aryl methyl sites for hydroxylation is 2. The SMILES string of the molecule is CNc1ccc(C)cc1C(=O)Nc1cc(F)ccc1C. The van der Waals surface area contributed by atoms with Crippen molar-refractivity contribution in [3.05, 3.63) is 58.9 Å². The van der Waals surface area contributed by atoms with E-state index in [0.29, 0.717) is 11.3 Å². The van der Waals surface area contributed by atoms with Gasteiger partial charge in [0.15, 0.2) is 0 Å². The lowest BCUT2D eigenvalue weighted by molar-refractivity contribution is 0.102. The Hall–Kier alpha value is -2.36. The van der Waals surface area contributed by atoms with Crippen LogP contribution in [0.3, 0.4) is 0 Å². The fourth-order valence-electron chi connectivity index (χ4n) is 1.98. The van der Waals surface area contributed by atoms with E-state index in [4.69, 9.17) is 0 Å². The number of hydrogen-bond acceptors (Lipinski definition) is 2. The summed E-state index contributed by atoms with van der Waals surface area (Å²) < 4.78 is 13.2. The maximum absolute atomic E-state index is 13.2. The van der Waals surface area contributed by atoms with Crippen molar-refractivity contribution in [1.29, 1.82) is 0 Å². The molecule has 0 aliphatic heterocycles. The Kier molecular flexibility index (Phi) is 4.03. The van der Waals surface area contributed by atoms with Gasteiger partial charge in [-0.25, -0.2) is 4.39 Å². The minimum Gasteiger partial charge on any atom is -0.387 e. The predicted octanol–water partition coefficient (Wildman–Crippen LogP) is 3.74. The molecule has 0 bridgehead atoms. The van der Waals surface area contributed by atoms with E-state index in [2.05, 4.69) is 10.6 Å². The third kappa shape index (κ3) is 2.96. The number of halogens is 1. The van der Waals surface area contributed by atoms with Crippen LogP contribution in [0.2, 0.25) is 0 Å². The molecule has 0 saturated carbocycles. The molecule has 0 aliphatic rings. The van der Waals surface area contributed by atoms with E-state index in [0.717, 1.165) is 16.8 Å². The highest BCUT2D eigenvalue weighted by Gasteiger charge is 2.12. The van der Waals surface area contributed by atoms with Crippen LogP contribution in [0.25, 0.3) is 0 Å². The lowest BCUT2D eigenvalue weighted by Crippen LogP contribution is -2.15. The Morgan fingerprint density at radius 2 is 1.80 bits per heavy atom. The molecule has 2 N–H and O–H groups in total. The van der Waals surface area contributed by atoms with Gasteiger partial charge in [-0.2, -0.15) is 0 Å². The molecule has 0 unspecified atom stereocenters. The van der Waals surface area contributed by atoms with Crippen molar-refractivity contribution >= 4 is 17.3 Å². The minimum absolute atomic E-state index is 0.258. The fraction of sp³-hybridized carbons (Fsp3) is 0.188. The standard InChI is InChI=1S/C16H17FN2O/c1-10-4-7-14(18-3)13(8-10)16(20)19-15-9-12(17)6-5-11(15)2/h4-9,18H,1-3H3,(H,19,20). The lowest BCUT2D eigenvalue weighted by atomic mass is 10.1. The first kappa shape index (κ1) is 14.1. The summed E-state index contributed by atoms with van der Waals surface area (Å²) in [4.78, 5) is 12.3. The van der Waals surface area contributed by atoms with Crippen molar-refractivity contribution in [3.8, 4) is 0 Å². The molecule has 2 aromatic rings. The van der Waals surface area contributed by atoms with Crippen molar-refractivity contribution in [2.45, 2.75) is 13.8 Å². The zero-order valence-electron chi connectivity index (χ0n) is 11.8. The van der Waals surface area contributed by atoms with Crippen LogP contribution in [0, 0.1) is 19.7 Å². The molecule has 1 amide bonds. The van der Waals surface area contributed by atoms with Crippen LogP contribution in [-0.4, -0.2) is 13.0 Å². The number of hydrogen-bond donors (Lipinski definition) is 2. The minimum atomic E-state index is -0.371. The summed E-state index contributed by atoms with van der Waals surface area (Å²) in [5.41, 5.74) is 3.57. The van der Waals surface area contributed by atoms with Gasteiger partial charge in [-0.05, 0) is 43.7 Å². The number of benzene rings is 2. The van der Waals surface area contributed by atoms with E-state index in [-0.39, 0.29) is 11.7 Å². The number of rotatable bonds is 3. The fourth-order valence-corrected chi connectivity index (χ4v) is 1.98. The second-order valence-corrected chi connectivity index (χ2v) is 4.71. The summed E-state index contributed by atoms with van der Waals surface area (Å²) in [6.07, 6.45) is 0. The van der Waals surface area contributed by atoms with Crippen LogP contribution in [0.1, 0.15) is 21.5 Å². The smallest absolute Gasteiger partial charge is 0.257 e. The van der Waals surface area contributed by atoms with Gasteiger partial charge in [0.25, 0.3) is 5.91 Å². The lowest BCUT2D eigenvalue weighted by Gasteiger charge is -2.12. The molecule has 20 heavy (non-hydrogen) atoms. The summed E-state index contributed by atoms with van der Waals surface area (Å²) in [6.45, 7) is 3.74. The summed E-state index contributed by atoms with van der Waals surface area (Å²) >= 11 is 0. The van der Waals surface area contributed by atoms with E-state index in [1.165, 1.54) is 12.1 Å². The molecular formula is C16H17FN2O. The van der Waals surface area contributed by atoms with Gasteiger partial charge >= 0.3 is 0 Å². The average Bonchev–Trinajstić information content (AvgIpc) is 2.42. The third-order valence-corrected chi connectivity index (χ3v) is 3.14. The highest BCUT2D eigenvalue weighted by Crippen LogP contribution is 2.21. The molecule has 0 heterocycles.